The molecule has 0 radical (unpaired) electrons. The molecule has 2 aromatic carbocycles. The molecule has 0 fully saturated rings. The number of rotatable bonds is 7. The number of thiazole rings is 1. The first-order valence-electron chi connectivity index (χ1n) is 8.98. The van der Waals surface area contributed by atoms with Gasteiger partial charge in [-0.3, -0.25) is 9.59 Å². The minimum Gasteiger partial charge on any atom is -0.479 e. The van der Waals surface area contributed by atoms with E-state index in [2.05, 4.69) is 15.6 Å². The number of carbonyl (C=O) groups is 2. The Labute approximate surface area is 182 Å². The number of nitrogens with one attached hydrogen (secondary N) is 2. The Balaban J connectivity index is 1.67. The number of aromatic nitrogens is 1. The summed E-state index contributed by atoms with van der Waals surface area (Å²) in [4.78, 5) is 28.6. The average molecular weight is 452 g/mol. The minimum absolute atomic E-state index is 0.0630. The van der Waals surface area contributed by atoms with Crippen molar-refractivity contribution in [1.29, 1.82) is 0 Å². The molecule has 0 bridgehead atoms. The third-order valence-corrected chi connectivity index (χ3v) is 5.41. The molecule has 6 nitrogen and oxygen atoms in total. The van der Waals surface area contributed by atoms with E-state index in [-0.39, 0.29) is 11.8 Å². The summed E-state index contributed by atoms with van der Waals surface area (Å²) in [7, 11) is 0. The number of fused-ring (bicyclic) bond motifs is 1. The number of hydrogen-bond donors (Lipinski definition) is 2. The zero-order chi connectivity index (χ0) is 21.0. The molecule has 1 atom stereocenters. The molecule has 0 saturated carbocycles. The number of anilines is 2. The molecule has 9 heteroatoms. The molecule has 1 heterocycles. The third kappa shape index (κ3) is 5.59. The van der Waals surface area contributed by atoms with E-state index >= 15 is 0 Å². The Kier molecular flexibility index (Phi) is 6.95. The maximum Gasteiger partial charge on any atom is 0.265 e. The highest BCUT2D eigenvalue weighted by atomic mass is 35.5. The zero-order valence-corrected chi connectivity index (χ0v) is 18.1. The fourth-order valence-corrected chi connectivity index (χ4v) is 3.90. The van der Waals surface area contributed by atoms with Gasteiger partial charge in [0.05, 0.1) is 15.2 Å². The van der Waals surface area contributed by atoms with Gasteiger partial charge < -0.3 is 15.4 Å². The first-order valence-corrected chi connectivity index (χ1v) is 10.6. The van der Waals surface area contributed by atoms with Crippen LogP contribution in [0.4, 0.5) is 10.8 Å². The van der Waals surface area contributed by atoms with Gasteiger partial charge in [-0.05, 0) is 49.7 Å². The van der Waals surface area contributed by atoms with Crippen molar-refractivity contribution in [3.63, 3.8) is 0 Å². The first kappa shape index (κ1) is 21.4. The Morgan fingerprint density at radius 2 is 1.97 bits per heavy atom. The lowest BCUT2D eigenvalue weighted by Gasteiger charge is -2.15. The summed E-state index contributed by atoms with van der Waals surface area (Å²) in [5.74, 6) is -0.00708. The first-order chi connectivity index (χ1) is 13.9. The largest absolute Gasteiger partial charge is 0.479 e. The third-order valence-electron chi connectivity index (χ3n) is 3.95. The zero-order valence-electron chi connectivity index (χ0n) is 15.8. The highest BCUT2D eigenvalue weighted by molar-refractivity contribution is 7.22. The lowest BCUT2D eigenvalue weighted by Crippen LogP contribution is -2.30. The monoisotopic (exact) mass is 451 g/mol. The van der Waals surface area contributed by atoms with Crippen molar-refractivity contribution in [2.24, 2.45) is 0 Å². The standard InChI is InChI=1S/C20H19Cl2N3O3S/c1-3-4-18(26)25-20-24-15-7-6-13(10-17(15)29-20)23-19(27)11(2)28-16-8-5-12(21)9-14(16)22/h5-11H,3-4H2,1-2H3,(H,23,27)(H,24,25,26)/t11-/m1/s1. The highest BCUT2D eigenvalue weighted by Crippen LogP contribution is 2.30. The average Bonchev–Trinajstić information content (AvgIpc) is 3.05. The van der Waals surface area contributed by atoms with Gasteiger partial charge in [-0.15, -0.1) is 0 Å². The van der Waals surface area contributed by atoms with Gasteiger partial charge in [-0.25, -0.2) is 4.98 Å². The SMILES string of the molecule is CCCC(=O)Nc1nc2ccc(NC(=O)[C@@H](C)Oc3ccc(Cl)cc3Cl)cc2s1. The highest BCUT2D eigenvalue weighted by Gasteiger charge is 2.17. The Bertz CT molecular complexity index is 1050. The van der Waals surface area contributed by atoms with Crippen molar-refractivity contribution in [2.75, 3.05) is 10.6 Å². The molecule has 29 heavy (non-hydrogen) atoms. The maximum atomic E-state index is 12.5. The summed E-state index contributed by atoms with van der Waals surface area (Å²) in [6.07, 6.45) is 0.455. The van der Waals surface area contributed by atoms with E-state index in [1.165, 1.54) is 11.3 Å². The number of benzene rings is 2. The fraction of sp³-hybridized carbons (Fsp3) is 0.250. The molecular weight excluding hydrogens is 433 g/mol. The van der Waals surface area contributed by atoms with Crippen LogP contribution < -0.4 is 15.4 Å². The molecule has 1 aromatic heterocycles. The lowest BCUT2D eigenvalue weighted by molar-refractivity contribution is -0.122. The summed E-state index contributed by atoms with van der Waals surface area (Å²) in [5, 5.41) is 6.96. The molecule has 2 N–H and O–H groups in total. The van der Waals surface area contributed by atoms with Crippen LogP contribution in [0.15, 0.2) is 36.4 Å². The number of amides is 2. The molecule has 0 aliphatic heterocycles. The normalized spacial score (nSPS) is 11.9. The van der Waals surface area contributed by atoms with Gasteiger partial charge in [0, 0.05) is 17.1 Å². The minimum atomic E-state index is -0.769. The van der Waals surface area contributed by atoms with Gasteiger partial charge >= 0.3 is 0 Å². The van der Waals surface area contributed by atoms with Crippen LogP contribution in [-0.2, 0) is 9.59 Å². The Morgan fingerprint density at radius 3 is 2.69 bits per heavy atom. The number of halogens is 2. The summed E-state index contributed by atoms with van der Waals surface area (Å²) in [5.41, 5.74) is 1.35. The van der Waals surface area contributed by atoms with E-state index in [0.29, 0.717) is 33.0 Å². The molecule has 3 rings (SSSR count). The van der Waals surface area contributed by atoms with Crippen molar-refractivity contribution in [3.05, 3.63) is 46.4 Å². The van der Waals surface area contributed by atoms with Crippen LogP contribution in [0, 0.1) is 0 Å². The van der Waals surface area contributed by atoms with E-state index < -0.39 is 6.10 Å². The van der Waals surface area contributed by atoms with Crippen LogP contribution in [-0.4, -0.2) is 22.9 Å². The fourth-order valence-electron chi connectivity index (χ4n) is 2.52. The topological polar surface area (TPSA) is 80.3 Å². The van der Waals surface area contributed by atoms with Crippen LogP contribution in [0.25, 0.3) is 10.2 Å². The maximum absolute atomic E-state index is 12.5. The number of ether oxygens (including phenoxy) is 1. The molecule has 0 unspecified atom stereocenters. The van der Waals surface area contributed by atoms with Gasteiger partial charge in [-0.2, -0.15) is 0 Å². The summed E-state index contributed by atoms with van der Waals surface area (Å²) in [6, 6.07) is 10.2. The van der Waals surface area contributed by atoms with Gasteiger partial charge in [0.25, 0.3) is 5.91 Å². The summed E-state index contributed by atoms with van der Waals surface area (Å²) < 4.78 is 6.48. The van der Waals surface area contributed by atoms with Gasteiger partial charge in [0.2, 0.25) is 5.91 Å². The van der Waals surface area contributed by atoms with E-state index in [1.54, 1.807) is 37.3 Å². The summed E-state index contributed by atoms with van der Waals surface area (Å²) >= 11 is 13.3. The number of nitrogens with zero attached hydrogens (tertiary/aromatic N) is 1. The predicted octanol–water partition coefficient (Wildman–Crippen LogP) is 5.75. The smallest absolute Gasteiger partial charge is 0.265 e. The molecule has 2 amide bonds. The number of hydrogen-bond acceptors (Lipinski definition) is 5. The molecule has 0 saturated heterocycles. The van der Waals surface area contributed by atoms with E-state index in [4.69, 9.17) is 27.9 Å². The van der Waals surface area contributed by atoms with Crippen LogP contribution in [0.3, 0.4) is 0 Å². The molecular formula is C20H19Cl2N3O3S. The van der Waals surface area contributed by atoms with E-state index in [1.807, 2.05) is 13.0 Å². The second-order valence-corrected chi connectivity index (χ2v) is 8.20. The molecule has 0 aliphatic rings. The molecule has 3 aromatic rings. The van der Waals surface area contributed by atoms with Crippen LogP contribution in [0.2, 0.25) is 10.0 Å². The van der Waals surface area contributed by atoms with Crippen LogP contribution in [0.1, 0.15) is 26.7 Å². The van der Waals surface area contributed by atoms with Crippen molar-refractivity contribution in [2.45, 2.75) is 32.8 Å². The van der Waals surface area contributed by atoms with E-state index in [0.717, 1.165) is 16.6 Å². The van der Waals surface area contributed by atoms with Gasteiger partial charge in [-0.1, -0.05) is 41.5 Å². The quantitative estimate of drug-likeness (QED) is 0.479. The Hall–Kier alpha value is -2.35. The second kappa shape index (κ2) is 9.43. The van der Waals surface area contributed by atoms with Crippen molar-refractivity contribution >= 4 is 67.4 Å². The van der Waals surface area contributed by atoms with Gasteiger partial charge in [0.15, 0.2) is 11.2 Å². The van der Waals surface area contributed by atoms with Crippen molar-refractivity contribution in [1.82, 2.24) is 4.98 Å². The van der Waals surface area contributed by atoms with Gasteiger partial charge in [0.1, 0.15) is 5.75 Å². The second-order valence-electron chi connectivity index (χ2n) is 6.32. The predicted molar refractivity (Wildman–Crippen MR) is 118 cm³/mol. The molecule has 0 spiro atoms. The van der Waals surface area contributed by atoms with E-state index in [9.17, 15) is 9.59 Å². The molecule has 0 aliphatic carbocycles. The lowest BCUT2D eigenvalue weighted by atomic mass is 10.2. The Morgan fingerprint density at radius 1 is 1.17 bits per heavy atom. The van der Waals surface area contributed by atoms with Crippen LogP contribution >= 0.6 is 34.5 Å². The van der Waals surface area contributed by atoms with Crippen molar-refractivity contribution < 1.29 is 14.3 Å². The summed E-state index contributed by atoms with van der Waals surface area (Å²) in [6.45, 7) is 3.57. The van der Waals surface area contributed by atoms with Crippen LogP contribution in [0.5, 0.6) is 5.75 Å². The molecule has 152 valence electrons. The van der Waals surface area contributed by atoms with Crippen molar-refractivity contribution in [3.8, 4) is 5.75 Å². The number of carbonyl (C=O) groups excluding carboxylic acids is 2.